The number of H-pyrrole nitrogens is 1. The van der Waals surface area contributed by atoms with E-state index in [0.29, 0.717) is 11.1 Å². The van der Waals surface area contributed by atoms with Crippen LogP contribution in [0, 0.1) is 0 Å². The number of carbonyl (C=O) groups is 1. The van der Waals surface area contributed by atoms with Gasteiger partial charge in [0.15, 0.2) is 0 Å². The van der Waals surface area contributed by atoms with Gasteiger partial charge in [-0.2, -0.15) is 15.4 Å². The first-order valence-electron chi connectivity index (χ1n) is 8.26. The first kappa shape index (κ1) is 14.5. The van der Waals surface area contributed by atoms with Gasteiger partial charge in [-0.1, -0.05) is 12.1 Å². The minimum absolute atomic E-state index is 0.0339. The van der Waals surface area contributed by atoms with Crippen molar-refractivity contribution in [2.24, 2.45) is 0 Å². The molecule has 0 spiro atoms. The lowest BCUT2D eigenvalue weighted by atomic mass is 10.1. The Morgan fingerprint density at radius 2 is 2.00 bits per heavy atom. The number of nitrogens with one attached hydrogen (secondary N) is 1. The molecule has 0 aliphatic carbocycles. The molecule has 1 saturated heterocycles. The number of fused-ring (bicyclic) bond motifs is 2. The van der Waals surface area contributed by atoms with E-state index in [0.717, 1.165) is 35.4 Å². The smallest absolute Gasteiger partial charge is 0.254 e. The molecule has 5 rings (SSSR count). The standard InChI is InChI=1S/C18H15N5OS/c24-18(11-7-8-12-14(10-11)21-22-20-12)23-9-3-5-15(23)17-19-13-4-1-2-6-16(13)25-17/h1-2,4,6-8,10,15H,3,5,9H2,(H,20,21,22). The second-order valence-corrected chi connectivity index (χ2v) is 7.27. The third-order valence-electron chi connectivity index (χ3n) is 4.67. The van der Waals surface area contributed by atoms with E-state index in [-0.39, 0.29) is 11.9 Å². The molecule has 1 amide bonds. The summed E-state index contributed by atoms with van der Waals surface area (Å²) in [5.74, 6) is 0.0339. The predicted octanol–water partition coefficient (Wildman–Crippen LogP) is 3.54. The van der Waals surface area contributed by atoms with Gasteiger partial charge in [0.1, 0.15) is 16.0 Å². The van der Waals surface area contributed by atoms with E-state index >= 15 is 0 Å². The average Bonchev–Trinajstić information content (AvgIpc) is 3.37. The fraction of sp³-hybridized carbons (Fsp3) is 0.222. The summed E-state index contributed by atoms with van der Waals surface area (Å²) in [5.41, 5.74) is 3.13. The van der Waals surface area contributed by atoms with Crippen molar-refractivity contribution in [1.29, 1.82) is 0 Å². The van der Waals surface area contributed by atoms with Crippen LogP contribution in [-0.4, -0.2) is 37.7 Å². The van der Waals surface area contributed by atoms with Crippen LogP contribution in [0.1, 0.15) is 34.2 Å². The number of rotatable bonds is 2. The minimum Gasteiger partial charge on any atom is -0.329 e. The summed E-state index contributed by atoms with van der Waals surface area (Å²) in [4.78, 5) is 19.8. The van der Waals surface area contributed by atoms with Crippen LogP contribution >= 0.6 is 11.3 Å². The Labute approximate surface area is 147 Å². The van der Waals surface area contributed by atoms with E-state index in [1.807, 2.05) is 35.2 Å². The maximum atomic E-state index is 13.1. The molecule has 6 nitrogen and oxygen atoms in total. The SMILES string of the molecule is O=C(c1ccc2n[nH]nc2c1)N1CCCC1c1nc2ccccc2s1. The van der Waals surface area contributed by atoms with Gasteiger partial charge in [-0.15, -0.1) is 11.3 Å². The number of benzene rings is 2. The fourth-order valence-electron chi connectivity index (χ4n) is 3.44. The van der Waals surface area contributed by atoms with Crippen molar-refractivity contribution in [3.63, 3.8) is 0 Å². The van der Waals surface area contributed by atoms with Crippen molar-refractivity contribution in [3.8, 4) is 0 Å². The second kappa shape index (κ2) is 5.63. The van der Waals surface area contributed by atoms with Crippen molar-refractivity contribution in [3.05, 3.63) is 53.0 Å². The number of para-hydroxylation sites is 1. The van der Waals surface area contributed by atoms with E-state index in [1.54, 1.807) is 17.4 Å². The highest BCUT2D eigenvalue weighted by Gasteiger charge is 2.32. The van der Waals surface area contributed by atoms with Crippen LogP contribution in [0.15, 0.2) is 42.5 Å². The molecule has 25 heavy (non-hydrogen) atoms. The fourth-order valence-corrected chi connectivity index (χ4v) is 4.55. The molecule has 4 aromatic rings. The molecule has 0 bridgehead atoms. The highest BCUT2D eigenvalue weighted by atomic mass is 32.1. The molecular weight excluding hydrogens is 334 g/mol. The highest BCUT2D eigenvalue weighted by molar-refractivity contribution is 7.18. The lowest BCUT2D eigenvalue weighted by Gasteiger charge is -2.23. The van der Waals surface area contributed by atoms with Crippen LogP contribution in [0.3, 0.4) is 0 Å². The molecule has 124 valence electrons. The summed E-state index contributed by atoms with van der Waals surface area (Å²) in [6.45, 7) is 0.760. The summed E-state index contributed by atoms with van der Waals surface area (Å²) in [6, 6.07) is 13.6. The quantitative estimate of drug-likeness (QED) is 0.600. The molecule has 0 saturated carbocycles. The Kier molecular flexibility index (Phi) is 3.27. The number of hydrogen-bond donors (Lipinski definition) is 1. The Morgan fingerprint density at radius 1 is 1.12 bits per heavy atom. The Bertz CT molecular complexity index is 1050. The third kappa shape index (κ3) is 2.39. The van der Waals surface area contributed by atoms with Gasteiger partial charge in [0.05, 0.1) is 16.3 Å². The van der Waals surface area contributed by atoms with Gasteiger partial charge < -0.3 is 4.90 Å². The van der Waals surface area contributed by atoms with Crippen LogP contribution in [0.4, 0.5) is 0 Å². The maximum Gasteiger partial charge on any atom is 0.254 e. The topological polar surface area (TPSA) is 74.8 Å². The van der Waals surface area contributed by atoms with Crippen molar-refractivity contribution < 1.29 is 4.79 Å². The average molecular weight is 349 g/mol. The van der Waals surface area contributed by atoms with E-state index in [9.17, 15) is 4.79 Å². The molecule has 0 radical (unpaired) electrons. The van der Waals surface area contributed by atoms with Gasteiger partial charge in [0.25, 0.3) is 5.91 Å². The molecule has 2 aromatic heterocycles. The van der Waals surface area contributed by atoms with Gasteiger partial charge in [-0.3, -0.25) is 4.79 Å². The summed E-state index contributed by atoms with van der Waals surface area (Å²) < 4.78 is 1.17. The van der Waals surface area contributed by atoms with Crippen molar-refractivity contribution in [1.82, 2.24) is 25.3 Å². The van der Waals surface area contributed by atoms with E-state index in [4.69, 9.17) is 4.98 Å². The van der Waals surface area contributed by atoms with Gasteiger partial charge in [0, 0.05) is 12.1 Å². The monoisotopic (exact) mass is 349 g/mol. The number of likely N-dealkylation sites (tertiary alicyclic amines) is 1. The van der Waals surface area contributed by atoms with Crippen LogP contribution in [0.25, 0.3) is 21.3 Å². The van der Waals surface area contributed by atoms with E-state index in [1.165, 1.54) is 4.70 Å². The normalized spacial score (nSPS) is 17.6. The summed E-state index contributed by atoms with van der Waals surface area (Å²) in [5, 5.41) is 11.7. The number of hydrogen-bond acceptors (Lipinski definition) is 5. The van der Waals surface area contributed by atoms with Crippen LogP contribution in [-0.2, 0) is 0 Å². The van der Waals surface area contributed by atoms with Crippen molar-refractivity contribution >= 4 is 38.5 Å². The number of aromatic nitrogens is 4. The number of thiazole rings is 1. The van der Waals surface area contributed by atoms with Gasteiger partial charge in [-0.25, -0.2) is 4.98 Å². The summed E-state index contributed by atoms with van der Waals surface area (Å²) in [6.07, 6.45) is 1.95. The molecule has 2 aromatic carbocycles. The minimum atomic E-state index is 0.0339. The molecular formula is C18H15N5OS. The predicted molar refractivity (Wildman–Crippen MR) is 96.5 cm³/mol. The third-order valence-corrected chi connectivity index (χ3v) is 5.81. The number of carbonyl (C=O) groups excluding carboxylic acids is 1. The number of aromatic amines is 1. The molecule has 3 heterocycles. The van der Waals surface area contributed by atoms with Crippen molar-refractivity contribution in [2.75, 3.05) is 6.54 Å². The lowest BCUT2D eigenvalue weighted by Crippen LogP contribution is -2.30. The zero-order valence-corrected chi connectivity index (χ0v) is 14.2. The second-order valence-electron chi connectivity index (χ2n) is 6.20. The Balaban J connectivity index is 1.50. The Hall–Kier alpha value is -2.80. The van der Waals surface area contributed by atoms with E-state index < -0.39 is 0 Å². The highest BCUT2D eigenvalue weighted by Crippen LogP contribution is 2.37. The maximum absolute atomic E-state index is 13.1. The number of amides is 1. The van der Waals surface area contributed by atoms with Gasteiger partial charge in [-0.05, 0) is 43.2 Å². The van der Waals surface area contributed by atoms with Gasteiger partial charge in [0.2, 0.25) is 0 Å². The molecule has 7 heteroatoms. The van der Waals surface area contributed by atoms with Gasteiger partial charge >= 0.3 is 0 Å². The molecule has 1 fully saturated rings. The first-order valence-corrected chi connectivity index (χ1v) is 9.08. The zero-order valence-electron chi connectivity index (χ0n) is 13.3. The summed E-state index contributed by atoms with van der Waals surface area (Å²) in [7, 11) is 0. The molecule has 1 N–H and O–H groups in total. The summed E-state index contributed by atoms with van der Waals surface area (Å²) >= 11 is 1.68. The Morgan fingerprint density at radius 3 is 2.92 bits per heavy atom. The van der Waals surface area contributed by atoms with Crippen LogP contribution in [0.2, 0.25) is 0 Å². The van der Waals surface area contributed by atoms with Crippen LogP contribution in [0.5, 0.6) is 0 Å². The first-order chi connectivity index (χ1) is 12.3. The van der Waals surface area contributed by atoms with Crippen molar-refractivity contribution in [2.45, 2.75) is 18.9 Å². The molecule has 1 aliphatic rings. The zero-order chi connectivity index (χ0) is 16.8. The molecule has 1 unspecified atom stereocenters. The van der Waals surface area contributed by atoms with E-state index in [2.05, 4.69) is 21.5 Å². The lowest BCUT2D eigenvalue weighted by molar-refractivity contribution is 0.0735. The largest absolute Gasteiger partial charge is 0.329 e. The van der Waals surface area contributed by atoms with Crippen LogP contribution < -0.4 is 0 Å². The number of nitrogens with zero attached hydrogens (tertiary/aromatic N) is 4. The molecule has 1 atom stereocenters. The molecule has 1 aliphatic heterocycles.